The molecule has 4 heteroatoms. The highest BCUT2D eigenvalue weighted by Crippen LogP contribution is 2.36. The first kappa shape index (κ1) is 20.6. The monoisotopic (exact) mass is 340 g/mol. The molecule has 0 N–H and O–H groups in total. The van der Waals surface area contributed by atoms with Crippen molar-refractivity contribution in [3.05, 3.63) is 12.2 Å². The van der Waals surface area contributed by atoms with Crippen LogP contribution in [0.4, 0.5) is 0 Å². The van der Waals surface area contributed by atoms with Crippen LogP contribution in [0.15, 0.2) is 12.2 Å². The van der Waals surface area contributed by atoms with Gasteiger partial charge in [-0.1, -0.05) is 39.8 Å². The summed E-state index contributed by atoms with van der Waals surface area (Å²) in [5, 5.41) is 0.251. The largest absolute Gasteiger partial charge is 0.417 e. The smallest absolute Gasteiger partial charge is 0.191 e. The van der Waals surface area contributed by atoms with Gasteiger partial charge in [0.2, 0.25) is 0 Å². The number of hydrogen-bond donors (Lipinski definition) is 0. The van der Waals surface area contributed by atoms with E-state index in [9.17, 15) is 4.79 Å². The van der Waals surface area contributed by atoms with E-state index >= 15 is 0 Å². The molecule has 1 rings (SSSR count). The van der Waals surface area contributed by atoms with Gasteiger partial charge in [0.1, 0.15) is 5.78 Å². The topological polar surface area (TPSA) is 35.5 Å². The van der Waals surface area contributed by atoms with Crippen molar-refractivity contribution in [2.75, 3.05) is 6.61 Å². The van der Waals surface area contributed by atoms with E-state index in [0.717, 1.165) is 25.9 Å². The Morgan fingerprint density at radius 3 is 2.61 bits per heavy atom. The van der Waals surface area contributed by atoms with Crippen molar-refractivity contribution in [1.82, 2.24) is 0 Å². The van der Waals surface area contributed by atoms with E-state index in [4.69, 9.17) is 9.16 Å². The molecule has 1 heterocycles. The van der Waals surface area contributed by atoms with Gasteiger partial charge in [-0.2, -0.15) is 0 Å². The summed E-state index contributed by atoms with van der Waals surface area (Å²) in [4.78, 5) is 11.2. The van der Waals surface area contributed by atoms with E-state index in [-0.39, 0.29) is 23.0 Å². The molecule has 3 atom stereocenters. The van der Waals surface area contributed by atoms with Crippen molar-refractivity contribution in [2.24, 2.45) is 5.92 Å². The van der Waals surface area contributed by atoms with Crippen LogP contribution in [0, 0.1) is 5.92 Å². The molecule has 0 bridgehead atoms. The van der Waals surface area contributed by atoms with Crippen molar-refractivity contribution < 1.29 is 14.0 Å². The Morgan fingerprint density at radius 2 is 2.04 bits per heavy atom. The highest BCUT2D eigenvalue weighted by molar-refractivity contribution is 6.74. The van der Waals surface area contributed by atoms with Crippen LogP contribution in [0.25, 0.3) is 0 Å². The molecule has 1 aliphatic rings. The molecule has 0 aromatic carbocycles. The van der Waals surface area contributed by atoms with Gasteiger partial charge in [-0.3, -0.25) is 0 Å². The summed E-state index contributed by atoms with van der Waals surface area (Å²) in [5.41, 5.74) is 0. The Hall–Kier alpha value is -0.453. The maximum atomic E-state index is 11.2. The third kappa shape index (κ3) is 7.32. The zero-order valence-electron chi connectivity index (χ0n) is 16.1. The minimum absolute atomic E-state index is 0.156. The lowest BCUT2D eigenvalue weighted by Gasteiger charge is -2.36. The van der Waals surface area contributed by atoms with Gasteiger partial charge < -0.3 is 14.0 Å². The normalized spacial score (nSPS) is 23.8. The Labute approximate surface area is 144 Å². The number of hydrogen-bond acceptors (Lipinski definition) is 3. The van der Waals surface area contributed by atoms with Crippen LogP contribution >= 0.6 is 0 Å². The second-order valence-electron chi connectivity index (χ2n) is 8.60. The van der Waals surface area contributed by atoms with Gasteiger partial charge in [0.25, 0.3) is 0 Å². The van der Waals surface area contributed by atoms with Crippen LogP contribution in [0.1, 0.15) is 60.3 Å². The van der Waals surface area contributed by atoms with Crippen LogP contribution in [0.5, 0.6) is 0 Å². The third-order valence-electron chi connectivity index (χ3n) is 5.09. The van der Waals surface area contributed by atoms with Gasteiger partial charge in [0.05, 0.1) is 12.2 Å². The van der Waals surface area contributed by atoms with E-state index in [1.54, 1.807) is 6.92 Å². The molecule has 0 saturated heterocycles. The number of carbonyl (C=O) groups is 1. The third-order valence-corrected chi connectivity index (χ3v) is 9.63. The van der Waals surface area contributed by atoms with Crippen molar-refractivity contribution >= 4 is 14.1 Å². The molecule has 0 unspecified atom stereocenters. The minimum Gasteiger partial charge on any atom is -0.417 e. The van der Waals surface area contributed by atoms with Gasteiger partial charge >= 0.3 is 0 Å². The fourth-order valence-corrected chi connectivity index (χ4v) is 3.78. The number of ether oxygens (including phenoxy) is 1. The van der Waals surface area contributed by atoms with Crippen LogP contribution in [0.3, 0.4) is 0 Å². The maximum absolute atomic E-state index is 11.2. The summed E-state index contributed by atoms with van der Waals surface area (Å²) in [6.45, 7) is 15.9. The number of ketones is 1. The van der Waals surface area contributed by atoms with Gasteiger partial charge in [0, 0.05) is 13.0 Å². The highest BCUT2D eigenvalue weighted by Gasteiger charge is 2.37. The summed E-state index contributed by atoms with van der Waals surface area (Å²) in [7, 11) is -1.67. The van der Waals surface area contributed by atoms with Crippen molar-refractivity contribution in [3.8, 4) is 0 Å². The lowest BCUT2D eigenvalue weighted by molar-refractivity contribution is -0.118. The van der Waals surface area contributed by atoms with E-state index in [0.29, 0.717) is 12.3 Å². The first-order valence-corrected chi connectivity index (χ1v) is 11.9. The highest BCUT2D eigenvalue weighted by atomic mass is 28.4. The fraction of sp³-hybridized carbons (Fsp3) is 0.842. The van der Waals surface area contributed by atoms with Crippen molar-refractivity contribution in [2.45, 2.75) is 90.6 Å². The first-order chi connectivity index (χ1) is 10.5. The summed E-state index contributed by atoms with van der Waals surface area (Å²) in [6, 6.07) is 0. The van der Waals surface area contributed by atoms with Crippen molar-refractivity contribution in [1.29, 1.82) is 0 Å². The summed E-state index contributed by atoms with van der Waals surface area (Å²) < 4.78 is 12.4. The molecule has 0 spiro atoms. The molecule has 0 aromatic heterocycles. The molecule has 0 radical (unpaired) electrons. The second kappa shape index (κ2) is 8.59. The van der Waals surface area contributed by atoms with Gasteiger partial charge in [-0.05, 0) is 50.2 Å². The Morgan fingerprint density at radius 1 is 1.39 bits per heavy atom. The van der Waals surface area contributed by atoms with Crippen molar-refractivity contribution in [3.63, 3.8) is 0 Å². The molecule has 0 saturated carbocycles. The second-order valence-corrected chi connectivity index (χ2v) is 13.4. The molecular weight excluding hydrogens is 304 g/mol. The zero-order chi connectivity index (χ0) is 17.7. The standard InChI is InChI=1S/C19H36O3Si/c1-15(13-16(2)20)14-18-10-8-9-17(22-18)11-12-21-23(6,7)19(3,4)5/h8-9,15,17-18H,10-14H2,1-7H3/t15-,17-,18-/m0/s1. The summed E-state index contributed by atoms with van der Waals surface area (Å²) in [5.74, 6) is 0.663. The summed E-state index contributed by atoms with van der Waals surface area (Å²) in [6.07, 6.45) is 8.29. The van der Waals surface area contributed by atoms with E-state index in [2.05, 4.69) is 52.9 Å². The average molecular weight is 341 g/mol. The van der Waals surface area contributed by atoms with Gasteiger partial charge in [-0.15, -0.1) is 0 Å². The summed E-state index contributed by atoms with van der Waals surface area (Å²) >= 11 is 0. The lowest BCUT2D eigenvalue weighted by atomic mass is 9.95. The van der Waals surface area contributed by atoms with Crippen LogP contribution < -0.4 is 0 Å². The molecule has 3 nitrogen and oxygen atoms in total. The quantitative estimate of drug-likeness (QED) is 0.454. The van der Waals surface area contributed by atoms with Gasteiger partial charge in [-0.25, -0.2) is 0 Å². The van der Waals surface area contributed by atoms with E-state index < -0.39 is 8.32 Å². The SMILES string of the molecule is CC(=O)C[C@H](C)C[C@@H]1CC=C[C@@H](CCO[Si](C)(C)C(C)(C)C)O1. The predicted octanol–water partition coefficient (Wildman–Crippen LogP) is 5.12. The Kier molecular flexibility index (Phi) is 7.69. The minimum atomic E-state index is -1.67. The number of carbonyl (C=O) groups excluding carboxylic acids is 1. The lowest BCUT2D eigenvalue weighted by Crippen LogP contribution is -2.41. The predicted molar refractivity (Wildman–Crippen MR) is 99.3 cm³/mol. The molecule has 134 valence electrons. The molecule has 0 aromatic rings. The number of rotatable bonds is 8. The molecule has 0 aliphatic carbocycles. The average Bonchev–Trinajstić information content (AvgIpc) is 2.36. The first-order valence-electron chi connectivity index (χ1n) is 8.97. The molecule has 23 heavy (non-hydrogen) atoms. The van der Waals surface area contributed by atoms with Gasteiger partial charge in [0.15, 0.2) is 8.32 Å². The maximum Gasteiger partial charge on any atom is 0.191 e. The Balaban J connectivity index is 2.38. The molecule has 0 amide bonds. The van der Waals surface area contributed by atoms with E-state index in [1.807, 2.05) is 0 Å². The zero-order valence-corrected chi connectivity index (χ0v) is 17.1. The molecule has 0 fully saturated rings. The fourth-order valence-electron chi connectivity index (χ4n) is 2.72. The number of Topliss-reactive ketones (excluding diaryl/α,β-unsaturated/α-hetero) is 1. The van der Waals surface area contributed by atoms with Crippen LogP contribution in [-0.4, -0.2) is 32.9 Å². The van der Waals surface area contributed by atoms with Crippen LogP contribution in [0.2, 0.25) is 18.1 Å². The molecular formula is C19H36O3Si. The Bertz CT molecular complexity index is 409. The van der Waals surface area contributed by atoms with Crippen LogP contribution in [-0.2, 0) is 14.0 Å². The molecule has 1 aliphatic heterocycles. The van der Waals surface area contributed by atoms with E-state index in [1.165, 1.54) is 0 Å².